The topological polar surface area (TPSA) is 137 Å². The van der Waals surface area contributed by atoms with Gasteiger partial charge in [0, 0.05) is 32.0 Å². The zero-order chi connectivity index (χ0) is 23.5. The highest BCUT2D eigenvalue weighted by atomic mass is 16.4. The van der Waals surface area contributed by atoms with E-state index in [1.165, 1.54) is 0 Å². The largest absolute Gasteiger partial charge is 0.481 e. The molecular weight excluding hydrogens is 408 g/mol. The second-order valence-corrected chi connectivity index (χ2v) is 7.58. The number of hydrogen-bond acceptors (Lipinski definition) is 4. The van der Waals surface area contributed by atoms with Gasteiger partial charge < -0.3 is 21.1 Å². The summed E-state index contributed by atoms with van der Waals surface area (Å²) in [5.74, 6) is -0.889. The maximum absolute atomic E-state index is 12.6. The van der Waals surface area contributed by atoms with Crippen molar-refractivity contribution in [1.82, 2.24) is 10.2 Å². The third-order valence-electron chi connectivity index (χ3n) is 5.08. The molecule has 0 unspecified atom stereocenters. The summed E-state index contributed by atoms with van der Waals surface area (Å²) in [6.45, 7) is 2.11. The van der Waals surface area contributed by atoms with E-state index in [9.17, 15) is 9.59 Å². The summed E-state index contributed by atoms with van der Waals surface area (Å²) in [4.78, 5) is 36.0. The van der Waals surface area contributed by atoms with E-state index in [4.69, 9.17) is 21.0 Å². The maximum atomic E-state index is 12.6. The number of benzene rings is 2. The van der Waals surface area contributed by atoms with Gasteiger partial charge in [0.05, 0.1) is 0 Å². The lowest BCUT2D eigenvalue weighted by Crippen LogP contribution is -2.45. The first-order valence-electron chi connectivity index (χ1n) is 10.5. The fourth-order valence-electron chi connectivity index (χ4n) is 3.49. The molecule has 1 heterocycles. The number of hydrogen-bond donors (Lipinski definition) is 4. The molecule has 2 aromatic rings. The van der Waals surface area contributed by atoms with E-state index in [2.05, 4.69) is 5.32 Å². The zero-order valence-corrected chi connectivity index (χ0v) is 18.2. The molecule has 32 heavy (non-hydrogen) atoms. The molecule has 1 aliphatic rings. The molecule has 1 fully saturated rings. The Morgan fingerprint density at radius 3 is 2.31 bits per heavy atom. The normalized spacial score (nSPS) is 14.8. The molecule has 0 spiro atoms. The summed E-state index contributed by atoms with van der Waals surface area (Å²) in [6, 6.07) is 16.7. The van der Waals surface area contributed by atoms with Gasteiger partial charge in [0.25, 0.3) is 5.97 Å². The van der Waals surface area contributed by atoms with Crippen LogP contribution in [0.2, 0.25) is 0 Å². The molecular formula is C24H30N4O4. The number of carbonyl (C=O) groups excluding carboxylic acids is 2. The molecule has 1 aliphatic heterocycles. The number of nitrogen functional groups attached to an aromatic ring is 1. The number of nitrogens with one attached hydrogen (secondary N) is 2. The van der Waals surface area contributed by atoms with E-state index in [1.54, 1.807) is 17.0 Å². The summed E-state index contributed by atoms with van der Waals surface area (Å²) in [7, 11) is 0. The Balaban J connectivity index is 0.000000837. The molecule has 0 aromatic heterocycles. The average molecular weight is 439 g/mol. The second kappa shape index (κ2) is 12.2. The van der Waals surface area contributed by atoms with Crippen LogP contribution in [0.25, 0.3) is 0 Å². The SMILES string of the molecule is CC(=O)O.N=C(N)c1ccc(CNC(=O)[C@@H]2CCCN2C(=O)CCc2ccccc2)cc1. The van der Waals surface area contributed by atoms with Crippen LogP contribution in [0.5, 0.6) is 0 Å². The molecule has 8 heteroatoms. The Hall–Kier alpha value is -3.68. The number of nitrogens with zero attached hydrogens (tertiary/aromatic N) is 1. The predicted octanol–water partition coefficient (Wildman–Crippen LogP) is 2.30. The summed E-state index contributed by atoms with van der Waals surface area (Å²) in [5, 5.41) is 17.8. The molecule has 1 saturated heterocycles. The maximum Gasteiger partial charge on any atom is 0.300 e. The molecule has 1 atom stereocenters. The highest BCUT2D eigenvalue weighted by molar-refractivity contribution is 5.94. The number of amides is 2. The molecule has 170 valence electrons. The lowest BCUT2D eigenvalue weighted by Gasteiger charge is -2.24. The van der Waals surface area contributed by atoms with Crippen LogP contribution in [0, 0.1) is 5.41 Å². The Morgan fingerprint density at radius 1 is 1.09 bits per heavy atom. The first kappa shape index (κ1) is 24.6. The number of aliphatic carboxylic acids is 1. The van der Waals surface area contributed by atoms with Gasteiger partial charge >= 0.3 is 0 Å². The fourth-order valence-corrected chi connectivity index (χ4v) is 3.49. The number of amidine groups is 1. The first-order valence-corrected chi connectivity index (χ1v) is 10.5. The van der Waals surface area contributed by atoms with Crippen molar-refractivity contribution in [3.05, 3.63) is 71.3 Å². The quantitative estimate of drug-likeness (QED) is 0.388. The molecule has 8 nitrogen and oxygen atoms in total. The van der Waals surface area contributed by atoms with Crippen molar-refractivity contribution in [2.24, 2.45) is 5.73 Å². The molecule has 5 N–H and O–H groups in total. The lowest BCUT2D eigenvalue weighted by atomic mass is 10.1. The first-order chi connectivity index (χ1) is 15.3. The van der Waals surface area contributed by atoms with Crippen molar-refractivity contribution in [1.29, 1.82) is 5.41 Å². The van der Waals surface area contributed by atoms with Crippen LogP contribution in [0.1, 0.15) is 42.9 Å². The third-order valence-corrected chi connectivity index (χ3v) is 5.08. The van der Waals surface area contributed by atoms with Crippen molar-refractivity contribution in [3.63, 3.8) is 0 Å². The van der Waals surface area contributed by atoms with Gasteiger partial charge in [-0.1, -0.05) is 54.6 Å². The van der Waals surface area contributed by atoms with Crippen LogP contribution in [-0.4, -0.2) is 46.2 Å². The molecule has 0 saturated carbocycles. The van der Waals surface area contributed by atoms with Gasteiger partial charge in [-0.2, -0.15) is 0 Å². The standard InChI is InChI=1S/C22H26N4O2.C2H4O2/c23-21(24)18-11-8-17(9-12-18)15-25-22(28)19-7-4-14-26(19)20(27)13-10-16-5-2-1-3-6-16;1-2(3)4/h1-3,5-6,8-9,11-12,19H,4,7,10,13-15H2,(H3,23,24)(H,25,28);1H3,(H,3,4)/t19-;/m0./s1. The number of carboxylic acids is 1. The van der Waals surface area contributed by atoms with Crippen LogP contribution in [-0.2, 0) is 27.3 Å². The number of carboxylic acid groups (broad SMARTS) is 1. The number of likely N-dealkylation sites (tertiary alicyclic amines) is 1. The van der Waals surface area contributed by atoms with Gasteiger partial charge in [0.15, 0.2) is 0 Å². The smallest absolute Gasteiger partial charge is 0.300 e. The second-order valence-electron chi connectivity index (χ2n) is 7.58. The monoisotopic (exact) mass is 438 g/mol. The number of rotatable bonds is 7. The minimum atomic E-state index is -0.833. The number of aryl methyl sites for hydroxylation is 1. The van der Waals surface area contributed by atoms with Crippen molar-refractivity contribution in [3.8, 4) is 0 Å². The highest BCUT2D eigenvalue weighted by Crippen LogP contribution is 2.19. The summed E-state index contributed by atoms with van der Waals surface area (Å²) in [5.41, 5.74) is 8.16. The van der Waals surface area contributed by atoms with Crippen molar-refractivity contribution in [2.75, 3.05) is 6.54 Å². The van der Waals surface area contributed by atoms with Crippen molar-refractivity contribution < 1.29 is 19.5 Å². The fraction of sp³-hybridized carbons (Fsp3) is 0.333. The zero-order valence-electron chi connectivity index (χ0n) is 18.2. The average Bonchev–Trinajstić information content (AvgIpc) is 3.26. The Morgan fingerprint density at radius 2 is 1.72 bits per heavy atom. The van der Waals surface area contributed by atoms with E-state index >= 15 is 0 Å². The molecule has 0 radical (unpaired) electrons. The summed E-state index contributed by atoms with van der Waals surface area (Å²) >= 11 is 0. The van der Waals surface area contributed by atoms with E-state index in [0.29, 0.717) is 37.9 Å². The van der Waals surface area contributed by atoms with Gasteiger partial charge in [-0.3, -0.25) is 19.8 Å². The minimum absolute atomic E-state index is 0.0196. The van der Waals surface area contributed by atoms with E-state index in [0.717, 1.165) is 24.5 Å². The predicted molar refractivity (Wildman–Crippen MR) is 122 cm³/mol. The van der Waals surface area contributed by atoms with Crippen LogP contribution in [0.3, 0.4) is 0 Å². The highest BCUT2D eigenvalue weighted by Gasteiger charge is 2.33. The molecule has 3 rings (SSSR count). The minimum Gasteiger partial charge on any atom is -0.481 e. The van der Waals surface area contributed by atoms with Gasteiger partial charge in [0.2, 0.25) is 11.8 Å². The van der Waals surface area contributed by atoms with Crippen LogP contribution in [0.4, 0.5) is 0 Å². The third kappa shape index (κ3) is 7.86. The summed E-state index contributed by atoms with van der Waals surface area (Å²) in [6.07, 6.45) is 2.65. The van der Waals surface area contributed by atoms with Gasteiger partial charge in [0.1, 0.15) is 11.9 Å². The van der Waals surface area contributed by atoms with E-state index in [1.807, 2.05) is 42.5 Å². The van der Waals surface area contributed by atoms with Crippen LogP contribution in [0.15, 0.2) is 54.6 Å². The van der Waals surface area contributed by atoms with Gasteiger partial charge in [-0.05, 0) is 30.4 Å². The number of nitrogens with two attached hydrogens (primary N) is 1. The van der Waals surface area contributed by atoms with Crippen molar-refractivity contribution in [2.45, 2.75) is 45.2 Å². The molecule has 0 bridgehead atoms. The summed E-state index contributed by atoms with van der Waals surface area (Å²) < 4.78 is 0. The van der Waals surface area contributed by atoms with E-state index < -0.39 is 5.97 Å². The van der Waals surface area contributed by atoms with Crippen LogP contribution >= 0.6 is 0 Å². The Labute approximate surface area is 187 Å². The Kier molecular flexibility index (Phi) is 9.41. The van der Waals surface area contributed by atoms with Gasteiger partial charge in [-0.15, -0.1) is 0 Å². The van der Waals surface area contributed by atoms with Crippen molar-refractivity contribution >= 4 is 23.6 Å². The lowest BCUT2D eigenvalue weighted by molar-refractivity contribution is -0.138. The molecule has 2 aromatic carbocycles. The van der Waals surface area contributed by atoms with E-state index in [-0.39, 0.29) is 23.7 Å². The van der Waals surface area contributed by atoms with Gasteiger partial charge in [-0.25, -0.2) is 0 Å². The van der Waals surface area contributed by atoms with Crippen LogP contribution < -0.4 is 11.1 Å². The number of carbonyl (C=O) groups is 3. The molecule has 2 amide bonds. The molecule has 0 aliphatic carbocycles. The Bertz CT molecular complexity index is 925.